The summed E-state index contributed by atoms with van der Waals surface area (Å²) in [4.78, 5) is 11.7. The molecule has 0 aliphatic carbocycles. The van der Waals surface area contributed by atoms with Gasteiger partial charge in [0.2, 0.25) is 0 Å². The van der Waals surface area contributed by atoms with E-state index in [1.807, 2.05) is 6.07 Å². The van der Waals surface area contributed by atoms with Gasteiger partial charge in [-0.1, -0.05) is 30.3 Å². The lowest BCUT2D eigenvalue weighted by atomic mass is 10.1. The van der Waals surface area contributed by atoms with Crippen molar-refractivity contribution in [1.29, 1.82) is 0 Å². The first-order valence-electron chi connectivity index (χ1n) is 7.28. The number of ether oxygens (including phenoxy) is 1. The van der Waals surface area contributed by atoms with Gasteiger partial charge in [0.15, 0.2) is 0 Å². The summed E-state index contributed by atoms with van der Waals surface area (Å²) in [6.07, 6.45) is -3.11. The number of alkyl halides is 3. The van der Waals surface area contributed by atoms with E-state index in [2.05, 4.69) is 5.32 Å². The molecule has 0 aromatic heterocycles. The molecule has 0 heterocycles. The second kappa shape index (κ2) is 7.68. The van der Waals surface area contributed by atoms with Crippen LogP contribution in [0.2, 0.25) is 0 Å². The number of hydrogen-bond acceptors (Lipinski definition) is 3. The van der Waals surface area contributed by atoms with Crippen LogP contribution in [0, 0.1) is 0 Å². The highest BCUT2D eigenvalue weighted by molar-refractivity contribution is 5.94. The summed E-state index contributed by atoms with van der Waals surface area (Å²) in [5.74, 6) is -0.532. The zero-order valence-corrected chi connectivity index (χ0v) is 12.9. The Bertz CT molecular complexity index is 707. The molecule has 0 aliphatic rings. The van der Waals surface area contributed by atoms with E-state index in [4.69, 9.17) is 4.74 Å². The smallest absolute Gasteiger partial charge is 0.416 e. The molecule has 0 bridgehead atoms. The van der Waals surface area contributed by atoms with Gasteiger partial charge in [-0.25, -0.2) is 4.79 Å². The molecule has 1 N–H and O–H groups in total. The lowest BCUT2D eigenvalue weighted by molar-refractivity contribution is -0.138. The fourth-order valence-electron chi connectivity index (χ4n) is 2.01. The van der Waals surface area contributed by atoms with Crippen molar-refractivity contribution in [2.24, 2.45) is 0 Å². The summed E-state index contributed by atoms with van der Waals surface area (Å²) in [6.45, 7) is 1.93. The minimum atomic E-state index is -4.39. The van der Waals surface area contributed by atoms with Gasteiger partial charge in [0.25, 0.3) is 0 Å². The number of carbonyl (C=O) groups is 1. The third-order valence-electron chi connectivity index (χ3n) is 3.12. The van der Waals surface area contributed by atoms with Crippen molar-refractivity contribution in [2.45, 2.75) is 13.1 Å². The molecule has 0 atom stereocenters. The molecule has 0 fully saturated rings. The van der Waals surface area contributed by atoms with Crippen molar-refractivity contribution in [1.82, 2.24) is 0 Å². The van der Waals surface area contributed by atoms with Gasteiger partial charge in [-0.05, 0) is 36.8 Å². The minimum absolute atomic E-state index is 0.234. The first-order chi connectivity index (χ1) is 11.4. The Morgan fingerprint density at radius 1 is 1.08 bits per heavy atom. The third-order valence-corrected chi connectivity index (χ3v) is 3.12. The van der Waals surface area contributed by atoms with E-state index in [0.29, 0.717) is 16.9 Å². The van der Waals surface area contributed by atoms with Gasteiger partial charge < -0.3 is 10.1 Å². The number of benzene rings is 2. The first-order valence-corrected chi connectivity index (χ1v) is 7.28. The highest BCUT2D eigenvalue weighted by Gasteiger charge is 2.29. The monoisotopic (exact) mass is 335 g/mol. The molecule has 2 rings (SSSR count). The maximum atomic E-state index is 12.6. The summed E-state index contributed by atoms with van der Waals surface area (Å²) < 4.78 is 42.7. The predicted molar refractivity (Wildman–Crippen MR) is 86.1 cm³/mol. The molecule has 126 valence electrons. The van der Waals surface area contributed by atoms with Crippen LogP contribution in [0.4, 0.5) is 18.9 Å². The summed E-state index contributed by atoms with van der Waals surface area (Å²) in [6, 6.07) is 13.6. The van der Waals surface area contributed by atoms with Gasteiger partial charge in [0.05, 0.1) is 17.9 Å². The van der Waals surface area contributed by atoms with Crippen molar-refractivity contribution in [3.63, 3.8) is 0 Å². The van der Waals surface area contributed by atoms with Crippen molar-refractivity contribution in [3.8, 4) is 0 Å². The van der Waals surface area contributed by atoms with Gasteiger partial charge in [-0.2, -0.15) is 13.2 Å². The van der Waals surface area contributed by atoms with Crippen molar-refractivity contribution in [3.05, 3.63) is 71.8 Å². The molecular formula is C18H16F3NO2. The summed E-state index contributed by atoms with van der Waals surface area (Å²) >= 11 is 0. The van der Waals surface area contributed by atoms with Crippen LogP contribution in [0.15, 0.2) is 60.7 Å². The van der Waals surface area contributed by atoms with Gasteiger partial charge in [0, 0.05) is 11.8 Å². The number of halogens is 3. The van der Waals surface area contributed by atoms with E-state index < -0.39 is 17.7 Å². The molecule has 24 heavy (non-hydrogen) atoms. The Hall–Kier alpha value is -2.76. The van der Waals surface area contributed by atoms with Crippen LogP contribution in [0.1, 0.15) is 18.1 Å². The van der Waals surface area contributed by atoms with Gasteiger partial charge in [-0.15, -0.1) is 0 Å². The van der Waals surface area contributed by atoms with Crippen LogP contribution in [-0.4, -0.2) is 12.6 Å². The molecule has 0 amide bonds. The van der Waals surface area contributed by atoms with Gasteiger partial charge >= 0.3 is 12.1 Å². The average molecular weight is 335 g/mol. The van der Waals surface area contributed by atoms with Crippen LogP contribution in [-0.2, 0) is 15.7 Å². The molecule has 0 saturated carbocycles. The van der Waals surface area contributed by atoms with Gasteiger partial charge in [0.1, 0.15) is 0 Å². The number of esters is 1. The Kier molecular flexibility index (Phi) is 5.63. The van der Waals surface area contributed by atoms with Crippen molar-refractivity contribution in [2.75, 3.05) is 11.9 Å². The van der Waals surface area contributed by atoms with E-state index in [0.717, 1.165) is 12.1 Å². The number of rotatable bonds is 5. The zero-order valence-electron chi connectivity index (χ0n) is 12.9. The second-order valence-corrected chi connectivity index (χ2v) is 4.88. The Morgan fingerprint density at radius 3 is 2.25 bits per heavy atom. The molecule has 2 aromatic rings. The van der Waals surface area contributed by atoms with Crippen LogP contribution in [0.3, 0.4) is 0 Å². The van der Waals surface area contributed by atoms with E-state index in [9.17, 15) is 18.0 Å². The summed E-state index contributed by atoms with van der Waals surface area (Å²) in [7, 11) is 0. The fourth-order valence-corrected chi connectivity index (χ4v) is 2.01. The molecule has 0 saturated heterocycles. The number of anilines is 1. The topological polar surface area (TPSA) is 38.3 Å². The zero-order chi connectivity index (χ0) is 17.6. The first kappa shape index (κ1) is 17.6. The molecular weight excluding hydrogens is 319 g/mol. The quantitative estimate of drug-likeness (QED) is 0.634. The fraction of sp³-hybridized carbons (Fsp3) is 0.167. The normalized spacial score (nSPS) is 11.9. The van der Waals surface area contributed by atoms with E-state index >= 15 is 0 Å². The minimum Gasteiger partial charge on any atom is -0.463 e. The van der Waals surface area contributed by atoms with Crippen molar-refractivity contribution >= 4 is 17.4 Å². The molecule has 0 aliphatic heterocycles. The Balaban J connectivity index is 2.27. The number of hydrogen-bond donors (Lipinski definition) is 1. The summed E-state index contributed by atoms with van der Waals surface area (Å²) in [5.41, 5.74) is 0.852. The van der Waals surface area contributed by atoms with E-state index in [1.54, 1.807) is 31.2 Å². The second-order valence-electron chi connectivity index (χ2n) is 4.88. The largest absolute Gasteiger partial charge is 0.463 e. The highest BCUT2D eigenvalue weighted by Crippen LogP contribution is 2.30. The maximum Gasteiger partial charge on any atom is 0.416 e. The Labute approximate surface area is 137 Å². The maximum absolute atomic E-state index is 12.6. The summed E-state index contributed by atoms with van der Waals surface area (Å²) in [5, 5.41) is 2.96. The predicted octanol–water partition coefficient (Wildman–Crippen LogP) is 4.72. The van der Waals surface area contributed by atoms with E-state index in [1.165, 1.54) is 18.2 Å². The molecule has 0 unspecified atom stereocenters. The van der Waals surface area contributed by atoms with E-state index in [-0.39, 0.29) is 6.61 Å². The number of carbonyl (C=O) groups excluding carboxylic acids is 1. The molecule has 0 spiro atoms. The SMILES string of the molecule is CCOC(=O)C=C(Nc1ccc(C(F)(F)F)cc1)c1ccccc1. The highest BCUT2D eigenvalue weighted by atomic mass is 19.4. The third kappa shape index (κ3) is 4.87. The lowest BCUT2D eigenvalue weighted by Gasteiger charge is -2.13. The average Bonchev–Trinajstić information content (AvgIpc) is 2.55. The van der Waals surface area contributed by atoms with Crippen molar-refractivity contribution < 1.29 is 22.7 Å². The standard InChI is InChI=1S/C18H16F3NO2/c1-2-24-17(23)12-16(13-6-4-3-5-7-13)22-15-10-8-14(9-11-15)18(19,20)21/h3-12,22H,2H2,1H3. The van der Waals surface area contributed by atoms with Crippen LogP contribution in [0.5, 0.6) is 0 Å². The van der Waals surface area contributed by atoms with Crippen LogP contribution < -0.4 is 5.32 Å². The Morgan fingerprint density at radius 2 is 1.71 bits per heavy atom. The lowest BCUT2D eigenvalue weighted by Crippen LogP contribution is -2.07. The molecule has 3 nitrogen and oxygen atoms in total. The molecule has 2 aromatic carbocycles. The van der Waals surface area contributed by atoms with Gasteiger partial charge in [-0.3, -0.25) is 0 Å². The van der Waals surface area contributed by atoms with Crippen LogP contribution in [0.25, 0.3) is 5.70 Å². The number of nitrogens with one attached hydrogen (secondary N) is 1. The molecule has 0 radical (unpaired) electrons. The molecule has 6 heteroatoms. The van der Waals surface area contributed by atoms with Crippen LogP contribution >= 0.6 is 0 Å².